The number of nitrogens with zero attached hydrogens (tertiary/aromatic N) is 2. The average Bonchev–Trinajstić information content (AvgIpc) is 2.52. The third-order valence-corrected chi connectivity index (χ3v) is 3.51. The number of para-hydroxylation sites is 1. The van der Waals surface area contributed by atoms with Crippen LogP contribution in [0.25, 0.3) is 0 Å². The number of piperazine rings is 1. The first-order valence-corrected chi connectivity index (χ1v) is 7.08. The highest BCUT2D eigenvalue weighted by atomic mass is 35.5. The maximum atomic E-state index is 12.0. The van der Waals surface area contributed by atoms with Crippen LogP contribution in [-0.4, -0.2) is 63.8 Å². The van der Waals surface area contributed by atoms with Gasteiger partial charge in [0.2, 0.25) is 5.91 Å². The smallest absolute Gasteiger partial charge is 0.236 e. The van der Waals surface area contributed by atoms with Gasteiger partial charge in [-0.3, -0.25) is 4.79 Å². The van der Waals surface area contributed by atoms with Gasteiger partial charge >= 0.3 is 0 Å². The SMILES string of the molecule is COCCNCC(=O)N1CCN(c2ccccc2)CC1.Cl.Cl. The Bertz CT molecular complexity index is 413. The van der Waals surface area contributed by atoms with E-state index in [4.69, 9.17) is 4.74 Å². The molecule has 1 saturated heterocycles. The molecule has 1 fully saturated rings. The topological polar surface area (TPSA) is 44.8 Å². The van der Waals surface area contributed by atoms with Crippen molar-refractivity contribution in [1.29, 1.82) is 0 Å². The number of methoxy groups -OCH3 is 1. The van der Waals surface area contributed by atoms with Crippen molar-refractivity contribution in [1.82, 2.24) is 10.2 Å². The fourth-order valence-electron chi connectivity index (χ4n) is 2.33. The van der Waals surface area contributed by atoms with Gasteiger partial charge in [-0.25, -0.2) is 0 Å². The van der Waals surface area contributed by atoms with Gasteiger partial charge in [0.05, 0.1) is 13.2 Å². The van der Waals surface area contributed by atoms with Crippen LogP contribution >= 0.6 is 24.8 Å². The minimum atomic E-state index is 0. The number of carbonyl (C=O) groups excluding carboxylic acids is 1. The Kier molecular flexibility index (Phi) is 11.0. The van der Waals surface area contributed by atoms with E-state index < -0.39 is 0 Å². The normalized spacial score (nSPS) is 14.0. The van der Waals surface area contributed by atoms with Crippen molar-refractivity contribution in [2.24, 2.45) is 0 Å². The monoisotopic (exact) mass is 349 g/mol. The van der Waals surface area contributed by atoms with Crippen LogP contribution in [0.3, 0.4) is 0 Å². The number of benzene rings is 1. The molecular formula is C15H25Cl2N3O2. The number of carbonyl (C=O) groups is 1. The van der Waals surface area contributed by atoms with E-state index in [0.29, 0.717) is 19.7 Å². The van der Waals surface area contributed by atoms with Gasteiger partial charge in [0.1, 0.15) is 0 Å². The highest BCUT2D eigenvalue weighted by Gasteiger charge is 2.20. The molecule has 2 rings (SSSR count). The van der Waals surface area contributed by atoms with E-state index in [1.54, 1.807) is 7.11 Å². The van der Waals surface area contributed by atoms with Gasteiger partial charge in [-0.2, -0.15) is 0 Å². The van der Waals surface area contributed by atoms with E-state index in [1.807, 2.05) is 23.1 Å². The van der Waals surface area contributed by atoms with Gasteiger partial charge in [-0.05, 0) is 12.1 Å². The van der Waals surface area contributed by atoms with Crippen LogP contribution in [-0.2, 0) is 9.53 Å². The van der Waals surface area contributed by atoms with E-state index in [9.17, 15) is 4.79 Å². The molecule has 0 saturated carbocycles. The maximum absolute atomic E-state index is 12.0. The average molecular weight is 350 g/mol. The van der Waals surface area contributed by atoms with E-state index >= 15 is 0 Å². The predicted octanol–water partition coefficient (Wildman–Crippen LogP) is 1.41. The lowest BCUT2D eigenvalue weighted by molar-refractivity contribution is -0.130. The molecule has 1 heterocycles. The summed E-state index contributed by atoms with van der Waals surface area (Å²) in [6, 6.07) is 10.3. The Hall–Kier alpha value is -1.01. The largest absolute Gasteiger partial charge is 0.383 e. The summed E-state index contributed by atoms with van der Waals surface area (Å²) in [5.74, 6) is 0.175. The van der Waals surface area contributed by atoms with Crippen molar-refractivity contribution in [3.8, 4) is 0 Å². The first kappa shape index (κ1) is 21.0. The standard InChI is InChI=1S/C15H23N3O2.2ClH/c1-20-12-7-16-13-15(19)18-10-8-17(9-11-18)14-5-3-2-4-6-14;;/h2-6,16H,7-13H2,1H3;2*1H. The van der Waals surface area contributed by atoms with Crippen LogP contribution in [0.15, 0.2) is 30.3 Å². The Morgan fingerprint density at radius 1 is 1.14 bits per heavy atom. The molecular weight excluding hydrogens is 325 g/mol. The second kappa shape index (κ2) is 11.5. The first-order valence-electron chi connectivity index (χ1n) is 7.08. The summed E-state index contributed by atoms with van der Waals surface area (Å²) in [6.45, 7) is 5.12. The van der Waals surface area contributed by atoms with Crippen LogP contribution in [0.1, 0.15) is 0 Å². The number of rotatable bonds is 6. The zero-order chi connectivity index (χ0) is 14.2. The molecule has 0 bridgehead atoms. The van der Waals surface area contributed by atoms with E-state index in [-0.39, 0.29) is 30.7 Å². The fourth-order valence-corrected chi connectivity index (χ4v) is 2.33. The Balaban J connectivity index is 0.00000220. The Morgan fingerprint density at radius 2 is 1.77 bits per heavy atom. The number of anilines is 1. The van der Waals surface area contributed by atoms with Crippen LogP contribution in [0.2, 0.25) is 0 Å². The quantitative estimate of drug-likeness (QED) is 0.788. The molecule has 0 spiro atoms. The molecule has 126 valence electrons. The van der Waals surface area contributed by atoms with Crippen molar-refractivity contribution in [3.63, 3.8) is 0 Å². The van der Waals surface area contributed by atoms with Gasteiger partial charge < -0.3 is 19.9 Å². The summed E-state index contributed by atoms with van der Waals surface area (Å²) in [6.07, 6.45) is 0. The molecule has 1 N–H and O–H groups in total. The maximum Gasteiger partial charge on any atom is 0.236 e. The third kappa shape index (κ3) is 6.40. The first-order chi connectivity index (χ1) is 9.81. The van der Waals surface area contributed by atoms with Crippen molar-refractivity contribution < 1.29 is 9.53 Å². The van der Waals surface area contributed by atoms with Crippen molar-refractivity contribution in [3.05, 3.63) is 30.3 Å². The third-order valence-electron chi connectivity index (χ3n) is 3.51. The predicted molar refractivity (Wildman–Crippen MR) is 94.5 cm³/mol. The summed E-state index contributed by atoms with van der Waals surface area (Å²) in [5.41, 5.74) is 1.23. The molecule has 0 atom stereocenters. The molecule has 1 aliphatic heterocycles. The molecule has 0 aromatic heterocycles. The van der Waals surface area contributed by atoms with Gasteiger partial charge in [0.25, 0.3) is 0 Å². The number of hydrogen-bond donors (Lipinski definition) is 1. The zero-order valence-corrected chi connectivity index (χ0v) is 14.5. The van der Waals surface area contributed by atoms with Crippen LogP contribution in [0.4, 0.5) is 5.69 Å². The Morgan fingerprint density at radius 3 is 2.36 bits per heavy atom. The lowest BCUT2D eigenvalue weighted by atomic mass is 10.2. The lowest BCUT2D eigenvalue weighted by Gasteiger charge is -2.36. The Labute approximate surface area is 144 Å². The van der Waals surface area contributed by atoms with Crippen LogP contribution in [0.5, 0.6) is 0 Å². The summed E-state index contributed by atoms with van der Waals surface area (Å²) in [5, 5.41) is 3.10. The molecule has 1 aromatic carbocycles. The fraction of sp³-hybridized carbons (Fsp3) is 0.533. The molecule has 1 aromatic rings. The zero-order valence-electron chi connectivity index (χ0n) is 12.9. The molecule has 22 heavy (non-hydrogen) atoms. The molecule has 0 unspecified atom stereocenters. The number of hydrogen-bond acceptors (Lipinski definition) is 4. The minimum Gasteiger partial charge on any atom is -0.383 e. The van der Waals surface area contributed by atoms with Crippen molar-refractivity contribution in [2.45, 2.75) is 0 Å². The number of nitrogens with one attached hydrogen (secondary N) is 1. The second-order valence-corrected chi connectivity index (χ2v) is 4.87. The van der Waals surface area contributed by atoms with Crippen molar-refractivity contribution >= 4 is 36.4 Å². The van der Waals surface area contributed by atoms with E-state index in [2.05, 4.69) is 22.3 Å². The van der Waals surface area contributed by atoms with Crippen molar-refractivity contribution in [2.75, 3.05) is 57.9 Å². The highest BCUT2D eigenvalue weighted by molar-refractivity contribution is 5.85. The second-order valence-electron chi connectivity index (χ2n) is 4.87. The van der Waals surface area contributed by atoms with E-state index in [0.717, 1.165) is 26.2 Å². The number of ether oxygens (including phenoxy) is 1. The van der Waals surface area contributed by atoms with E-state index in [1.165, 1.54) is 5.69 Å². The minimum absolute atomic E-state index is 0. The van der Waals surface area contributed by atoms with Crippen LogP contribution in [0, 0.1) is 0 Å². The number of amides is 1. The van der Waals surface area contributed by atoms with Crippen LogP contribution < -0.4 is 10.2 Å². The molecule has 1 aliphatic rings. The summed E-state index contributed by atoms with van der Waals surface area (Å²) in [4.78, 5) is 16.3. The van der Waals surface area contributed by atoms with Gasteiger partial charge in [-0.1, -0.05) is 18.2 Å². The summed E-state index contributed by atoms with van der Waals surface area (Å²) in [7, 11) is 1.66. The number of halogens is 2. The lowest BCUT2D eigenvalue weighted by Crippen LogP contribution is -2.51. The summed E-state index contributed by atoms with van der Waals surface area (Å²) >= 11 is 0. The van der Waals surface area contributed by atoms with Gasteiger partial charge in [0.15, 0.2) is 0 Å². The molecule has 0 aliphatic carbocycles. The summed E-state index contributed by atoms with van der Waals surface area (Å²) < 4.78 is 4.94. The van der Waals surface area contributed by atoms with Gasteiger partial charge in [0, 0.05) is 45.5 Å². The molecule has 1 amide bonds. The highest BCUT2D eigenvalue weighted by Crippen LogP contribution is 2.15. The molecule has 0 radical (unpaired) electrons. The molecule has 5 nitrogen and oxygen atoms in total. The molecule has 7 heteroatoms. The van der Waals surface area contributed by atoms with Gasteiger partial charge in [-0.15, -0.1) is 24.8 Å².